The lowest BCUT2D eigenvalue weighted by atomic mass is 9.49. The summed E-state index contributed by atoms with van der Waals surface area (Å²) in [6.07, 6.45) is 3.28. The summed E-state index contributed by atoms with van der Waals surface area (Å²) in [4.78, 5) is 14.5. The van der Waals surface area contributed by atoms with E-state index in [9.17, 15) is 9.90 Å². The maximum absolute atomic E-state index is 12.2. The molecule has 1 N–H and O–H groups in total. The van der Waals surface area contributed by atoms with Crippen LogP contribution in [0.15, 0.2) is 12.1 Å². The minimum absolute atomic E-state index is 0.0996. The van der Waals surface area contributed by atoms with Gasteiger partial charge < -0.3 is 14.7 Å². The Bertz CT molecular complexity index is 685. The SMILES string of the molecule is CN1CC[C@]23CC(=O)CC[C@@]2(O)[C@H]1Cc1c3ccc2c1O2. The van der Waals surface area contributed by atoms with Gasteiger partial charge >= 0.3 is 0 Å². The van der Waals surface area contributed by atoms with E-state index in [-0.39, 0.29) is 6.04 Å². The fraction of sp³-hybridized carbons (Fsp3) is 0.588. The molecule has 0 amide bonds. The van der Waals surface area contributed by atoms with Gasteiger partial charge in [-0.3, -0.25) is 4.79 Å². The average Bonchev–Trinajstić information content (AvgIpc) is 3.23. The summed E-state index contributed by atoms with van der Waals surface area (Å²) >= 11 is 0. The number of fused-ring (bicyclic) bond motifs is 3. The summed E-state index contributed by atoms with van der Waals surface area (Å²) in [5.41, 5.74) is 1.25. The predicted octanol–water partition coefficient (Wildman–Crippen LogP) is 1.77. The summed E-state index contributed by atoms with van der Waals surface area (Å²) in [6, 6.07) is 4.20. The zero-order valence-electron chi connectivity index (χ0n) is 12.2. The molecular weight excluding hydrogens is 266 g/mol. The number of ether oxygens (including phenoxy) is 1. The number of carbonyl (C=O) groups is 1. The highest BCUT2D eigenvalue weighted by atomic mass is 16.6. The van der Waals surface area contributed by atoms with Crippen molar-refractivity contribution in [1.29, 1.82) is 0 Å². The van der Waals surface area contributed by atoms with E-state index in [0.717, 1.165) is 30.9 Å². The van der Waals surface area contributed by atoms with E-state index >= 15 is 0 Å². The molecule has 2 heterocycles. The normalized spacial score (nSPS) is 39.9. The molecule has 2 aliphatic carbocycles. The van der Waals surface area contributed by atoms with Crippen molar-refractivity contribution in [2.24, 2.45) is 0 Å². The number of carbonyl (C=O) groups excluding carboxylic acids is 1. The fourth-order valence-electron chi connectivity index (χ4n) is 5.24. The summed E-state index contributed by atoms with van der Waals surface area (Å²) in [5, 5.41) is 11.6. The van der Waals surface area contributed by atoms with Crippen molar-refractivity contribution >= 4 is 5.78 Å². The van der Waals surface area contributed by atoms with Gasteiger partial charge in [0.1, 0.15) is 5.78 Å². The number of likely N-dealkylation sites (tertiary alicyclic amines) is 1. The van der Waals surface area contributed by atoms with Crippen LogP contribution in [0.3, 0.4) is 0 Å². The van der Waals surface area contributed by atoms with Crippen LogP contribution in [0.4, 0.5) is 0 Å². The molecule has 4 heteroatoms. The van der Waals surface area contributed by atoms with Crippen molar-refractivity contribution in [3.63, 3.8) is 0 Å². The second-order valence-corrected chi connectivity index (χ2v) is 7.19. The monoisotopic (exact) mass is 285 g/mol. The van der Waals surface area contributed by atoms with Gasteiger partial charge in [0.05, 0.1) is 5.60 Å². The highest BCUT2D eigenvalue weighted by molar-refractivity contribution is 5.83. The van der Waals surface area contributed by atoms with Crippen LogP contribution in [0.2, 0.25) is 0 Å². The first kappa shape index (κ1) is 12.2. The molecule has 2 bridgehead atoms. The van der Waals surface area contributed by atoms with Crippen LogP contribution in [0, 0.1) is 0 Å². The van der Waals surface area contributed by atoms with Crippen LogP contribution in [0.1, 0.15) is 36.8 Å². The molecule has 3 atom stereocenters. The third-order valence-corrected chi connectivity index (χ3v) is 6.39. The number of benzene rings is 1. The third-order valence-electron chi connectivity index (χ3n) is 6.39. The molecule has 1 saturated heterocycles. The van der Waals surface area contributed by atoms with Crippen molar-refractivity contribution in [2.75, 3.05) is 13.6 Å². The third kappa shape index (κ3) is 1.27. The predicted molar refractivity (Wildman–Crippen MR) is 76.7 cm³/mol. The highest BCUT2D eigenvalue weighted by Crippen LogP contribution is 2.62. The Morgan fingerprint density at radius 1 is 1.38 bits per heavy atom. The molecule has 0 radical (unpaired) electrons. The Balaban J connectivity index is 1.79. The molecule has 1 saturated carbocycles. The van der Waals surface area contributed by atoms with E-state index in [4.69, 9.17) is 4.74 Å². The largest absolute Gasteiger partial charge is 0.449 e. The number of hydrogen-bond acceptors (Lipinski definition) is 4. The van der Waals surface area contributed by atoms with Crippen LogP contribution >= 0.6 is 0 Å². The van der Waals surface area contributed by atoms with E-state index in [1.807, 2.05) is 6.07 Å². The second kappa shape index (κ2) is 3.50. The number of likely N-dealkylation sites (N-methyl/N-ethyl adjacent to an activating group) is 1. The Kier molecular flexibility index (Phi) is 2.03. The van der Waals surface area contributed by atoms with E-state index < -0.39 is 11.0 Å². The van der Waals surface area contributed by atoms with Crippen molar-refractivity contribution in [1.82, 2.24) is 4.90 Å². The lowest BCUT2D eigenvalue weighted by Gasteiger charge is -2.62. The van der Waals surface area contributed by atoms with Crippen LogP contribution in [-0.2, 0) is 16.6 Å². The van der Waals surface area contributed by atoms with Crippen molar-refractivity contribution < 1.29 is 14.6 Å². The number of Topliss-reactive ketones (excluding diaryl/α,β-unsaturated/α-hetero) is 1. The Morgan fingerprint density at radius 3 is 3.10 bits per heavy atom. The molecule has 5 rings (SSSR count). The first-order chi connectivity index (χ1) is 10.1. The second-order valence-electron chi connectivity index (χ2n) is 7.19. The molecular formula is C17H19NO3. The van der Waals surface area contributed by atoms with E-state index in [1.165, 1.54) is 11.1 Å². The zero-order chi connectivity index (χ0) is 14.4. The average molecular weight is 285 g/mol. The summed E-state index contributed by atoms with van der Waals surface area (Å²) in [5.74, 6) is 2.27. The first-order valence-corrected chi connectivity index (χ1v) is 7.84. The molecule has 0 unspecified atom stereocenters. The van der Waals surface area contributed by atoms with Gasteiger partial charge in [0.2, 0.25) is 0 Å². The topological polar surface area (TPSA) is 53.1 Å². The highest BCUT2D eigenvalue weighted by Gasteiger charge is 2.65. The Morgan fingerprint density at radius 2 is 2.24 bits per heavy atom. The van der Waals surface area contributed by atoms with Gasteiger partial charge in [0.25, 0.3) is 0 Å². The van der Waals surface area contributed by atoms with Crippen LogP contribution in [0.5, 0.6) is 11.5 Å². The first-order valence-electron chi connectivity index (χ1n) is 7.84. The molecule has 1 aromatic carbocycles. The molecule has 0 aromatic heterocycles. The zero-order valence-corrected chi connectivity index (χ0v) is 12.2. The van der Waals surface area contributed by atoms with Crippen LogP contribution in [0.25, 0.3) is 0 Å². The molecule has 110 valence electrons. The van der Waals surface area contributed by atoms with E-state index in [0.29, 0.717) is 25.0 Å². The van der Waals surface area contributed by atoms with Crippen molar-refractivity contribution in [2.45, 2.75) is 49.2 Å². The van der Waals surface area contributed by atoms with E-state index in [2.05, 4.69) is 18.0 Å². The Hall–Kier alpha value is -1.39. The molecule has 4 nitrogen and oxygen atoms in total. The molecule has 21 heavy (non-hydrogen) atoms. The van der Waals surface area contributed by atoms with Gasteiger partial charge in [-0.2, -0.15) is 0 Å². The van der Waals surface area contributed by atoms with Crippen LogP contribution in [-0.4, -0.2) is 41.0 Å². The molecule has 4 aliphatic rings. The van der Waals surface area contributed by atoms with Gasteiger partial charge in [-0.15, -0.1) is 0 Å². The van der Waals surface area contributed by atoms with Gasteiger partial charge in [0, 0.05) is 29.9 Å². The number of hydrogen-bond donors (Lipinski definition) is 1. The van der Waals surface area contributed by atoms with Gasteiger partial charge in [-0.25, -0.2) is 0 Å². The molecule has 1 aromatic rings. The quantitative estimate of drug-likeness (QED) is 0.750. The minimum Gasteiger partial charge on any atom is -0.449 e. The van der Waals surface area contributed by atoms with Gasteiger partial charge in [-0.05, 0) is 44.5 Å². The maximum Gasteiger partial charge on any atom is 0.173 e. The summed E-state index contributed by atoms with van der Waals surface area (Å²) < 4.78 is 5.59. The number of aliphatic hydroxyl groups is 1. The van der Waals surface area contributed by atoms with Gasteiger partial charge in [-0.1, -0.05) is 6.07 Å². The molecule has 2 aliphatic heterocycles. The number of piperidine rings is 1. The van der Waals surface area contributed by atoms with Crippen molar-refractivity contribution in [3.05, 3.63) is 23.3 Å². The minimum atomic E-state index is -0.774. The standard InChI is InChI=1S/C17H19NO3/c1-18-7-6-16-9-10(19)4-5-17(16,20)14(18)8-11-12(16)2-3-13-15(11)21-13/h2-3,14,20H,4-9H2,1H3/t14-,16-,17-/m1/s1. The lowest BCUT2D eigenvalue weighted by Crippen LogP contribution is -2.72. The van der Waals surface area contributed by atoms with Crippen LogP contribution < -0.4 is 4.74 Å². The summed E-state index contributed by atoms with van der Waals surface area (Å²) in [6.45, 7) is 0.942. The fourth-order valence-corrected chi connectivity index (χ4v) is 5.24. The lowest BCUT2D eigenvalue weighted by molar-refractivity contribution is -0.168. The molecule has 2 fully saturated rings. The number of ketones is 1. The number of rotatable bonds is 0. The smallest absolute Gasteiger partial charge is 0.173 e. The summed E-state index contributed by atoms with van der Waals surface area (Å²) in [7, 11) is 2.09. The van der Waals surface area contributed by atoms with Gasteiger partial charge in [0.15, 0.2) is 11.5 Å². The van der Waals surface area contributed by atoms with Crippen molar-refractivity contribution in [3.8, 4) is 11.5 Å². The maximum atomic E-state index is 12.2. The Labute approximate surface area is 123 Å². The number of nitrogens with zero attached hydrogens (tertiary/aromatic N) is 1. The molecule has 0 spiro atoms. The van der Waals surface area contributed by atoms with E-state index in [1.54, 1.807) is 0 Å².